The van der Waals surface area contributed by atoms with E-state index in [0.717, 1.165) is 19.3 Å². The number of rotatable bonds is 7. The maximum absolute atomic E-state index is 12.9. The molecule has 0 radical (unpaired) electrons. The number of amides is 1. The summed E-state index contributed by atoms with van der Waals surface area (Å²) in [6, 6.07) is 10.4. The topological polar surface area (TPSA) is 102 Å². The fourth-order valence-electron chi connectivity index (χ4n) is 3.26. The summed E-state index contributed by atoms with van der Waals surface area (Å²) in [5, 5.41) is 2.72. The van der Waals surface area contributed by atoms with Crippen molar-refractivity contribution in [2.45, 2.75) is 37.2 Å². The fraction of sp³-hybridized carbons (Fsp3) is 0.364. The maximum Gasteiger partial charge on any atom is 0.338 e. The van der Waals surface area contributed by atoms with Crippen molar-refractivity contribution in [1.29, 1.82) is 0 Å². The first-order valence-corrected chi connectivity index (χ1v) is 12.0. The van der Waals surface area contributed by atoms with Crippen LogP contribution in [0.15, 0.2) is 47.4 Å². The SMILES string of the molecule is COc1ccc(C(=O)OC(C)C(=O)Nc2cc(S(=O)(=O)N3CCCCC3)ccc2Cl)cc1. The van der Waals surface area contributed by atoms with Crippen LogP contribution in [0.1, 0.15) is 36.5 Å². The summed E-state index contributed by atoms with van der Waals surface area (Å²) in [6.45, 7) is 2.34. The summed E-state index contributed by atoms with van der Waals surface area (Å²) in [6.07, 6.45) is 1.49. The number of benzene rings is 2. The van der Waals surface area contributed by atoms with Gasteiger partial charge in [-0.2, -0.15) is 4.31 Å². The number of methoxy groups -OCH3 is 1. The number of ether oxygens (including phenoxy) is 2. The largest absolute Gasteiger partial charge is 0.497 e. The lowest BCUT2D eigenvalue weighted by Crippen LogP contribution is -2.35. The molecule has 1 saturated heterocycles. The van der Waals surface area contributed by atoms with Gasteiger partial charge in [-0.05, 0) is 62.2 Å². The molecule has 0 aromatic heterocycles. The van der Waals surface area contributed by atoms with E-state index in [1.165, 1.54) is 48.7 Å². The van der Waals surface area contributed by atoms with Crippen LogP contribution in [-0.2, 0) is 19.6 Å². The van der Waals surface area contributed by atoms with E-state index in [4.69, 9.17) is 21.1 Å². The number of carbonyl (C=O) groups is 2. The minimum Gasteiger partial charge on any atom is -0.497 e. The molecule has 1 amide bonds. The van der Waals surface area contributed by atoms with Crippen LogP contribution in [0.5, 0.6) is 5.75 Å². The van der Waals surface area contributed by atoms with Gasteiger partial charge in [0, 0.05) is 13.1 Å². The van der Waals surface area contributed by atoms with Crippen molar-refractivity contribution >= 4 is 39.2 Å². The smallest absolute Gasteiger partial charge is 0.338 e. The Hall–Kier alpha value is -2.62. The van der Waals surface area contributed by atoms with Crippen molar-refractivity contribution < 1.29 is 27.5 Å². The third-order valence-corrected chi connectivity index (χ3v) is 7.35. The molecule has 0 bridgehead atoms. The molecule has 32 heavy (non-hydrogen) atoms. The molecule has 1 unspecified atom stereocenters. The number of carbonyl (C=O) groups excluding carboxylic acids is 2. The molecule has 0 spiro atoms. The Labute approximate surface area is 192 Å². The minimum atomic E-state index is -3.69. The molecule has 1 N–H and O–H groups in total. The molecular formula is C22H25ClN2O6S. The monoisotopic (exact) mass is 480 g/mol. The summed E-state index contributed by atoms with van der Waals surface area (Å²) < 4.78 is 37.5. The van der Waals surface area contributed by atoms with Crippen LogP contribution < -0.4 is 10.1 Å². The Balaban J connectivity index is 1.69. The van der Waals surface area contributed by atoms with E-state index in [2.05, 4.69) is 5.32 Å². The highest BCUT2D eigenvalue weighted by Gasteiger charge is 2.27. The molecule has 2 aromatic carbocycles. The van der Waals surface area contributed by atoms with Gasteiger partial charge < -0.3 is 14.8 Å². The van der Waals surface area contributed by atoms with Crippen molar-refractivity contribution in [2.75, 3.05) is 25.5 Å². The predicted molar refractivity (Wildman–Crippen MR) is 121 cm³/mol. The van der Waals surface area contributed by atoms with E-state index in [0.29, 0.717) is 18.8 Å². The molecule has 172 valence electrons. The predicted octanol–water partition coefficient (Wildman–Crippen LogP) is 3.71. The van der Waals surface area contributed by atoms with Gasteiger partial charge in [0.2, 0.25) is 10.0 Å². The first-order chi connectivity index (χ1) is 15.2. The molecular weight excluding hydrogens is 456 g/mol. The van der Waals surface area contributed by atoms with Gasteiger partial charge in [-0.3, -0.25) is 4.79 Å². The summed E-state index contributed by atoms with van der Waals surface area (Å²) >= 11 is 6.17. The van der Waals surface area contributed by atoms with Gasteiger partial charge in [-0.15, -0.1) is 0 Å². The third kappa shape index (κ3) is 5.59. The van der Waals surface area contributed by atoms with Crippen LogP contribution >= 0.6 is 11.6 Å². The van der Waals surface area contributed by atoms with E-state index < -0.39 is 28.0 Å². The van der Waals surface area contributed by atoms with Crippen LogP contribution in [0.4, 0.5) is 5.69 Å². The van der Waals surface area contributed by atoms with Gasteiger partial charge in [0.05, 0.1) is 28.3 Å². The van der Waals surface area contributed by atoms with Crippen LogP contribution in [0.2, 0.25) is 5.02 Å². The van der Waals surface area contributed by atoms with Gasteiger partial charge in [-0.1, -0.05) is 18.0 Å². The first-order valence-electron chi connectivity index (χ1n) is 10.2. The highest BCUT2D eigenvalue weighted by Crippen LogP contribution is 2.28. The van der Waals surface area contributed by atoms with E-state index in [1.54, 1.807) is 12.1 Å². The quantitative estimate of drug-likeness (QED) is 0.606. The van der Waals surface area contributed by atoms with Crippen molar-refractivity contribution in [1.82, 2.24) is 4.31 Å². The summed E-state index contributed by atoms with van der Waals surface area (Å²) in [5.74, 6) is -0.731. The Morgan fingerprint density at radius 2 is 1.72 bits per heavy atom. The number of halogens is 1. The Morgan fingerprint density at radius 3 is 2.34 bits per heavy atom. The highest BCUT2D eigenvalue weighted by molar-refractivity contribution is 7.89. The van der Waals surface area contributed by atoms with Gasteiger partial charge in [0.15, 0.2) is 6.10 Å². The van der Waals surface area contributed by atoms with E-state index in [9.17, 15) is 18.0 Å². The number of sulfonamides is 1. The molecule has 0 saturated carbocycles. The zero-order valence-corrected chi connectivity index (χ0v) is 19.4. The number of nitrogens with zero attached hydrogens (tertiary/aromatic N) is 1. The Bertz CT molecular complexity index is 1080. The molecule has 3 rings (SSSR count). The summed E-state index contributed by atoms with van der Waals surface area (Å²) in [5.41, 5.74) is 0.389. The zero-order valence-electron chi connectivity index (χ0n) is 17.8. The van der Waals surface area contributed by atoms with Gasteiger partial charge in [-0.25, -0.2) is 13.2 Å². The second kappa shape index (κ2) is 10.3. The minimum absolute atomic E-state index is 0.0435. The van der Waals surface area contributed by atoms with E-state index in [1.807, 2.05) is 0 Å². The standard InChI is InChI=1S/C22H25ClN2O6S/c1-15(31-22(27)16-6-8-17(30-2)9-7-16)21(26)24-20-14-18(10-11-19(20)23)32(28,29)25-12-4-3-5-13-25/h6-11,14-15H,3-5,12-13H2,1-2H3,(H,24,26). The number of piperidine rings is 1. The Morgan fingerprint density at radius 1 is 1.06 bits per heavy atom. The fourth-order valence-corrected chi connectivity index (χ4v) is 4.97. The number of hydrogen-bond acceptors (Lipinski definition) is 6. The average Bonchev–Trinajstić information content (AvgIpc) is 2.80. The second-order valence-corrected chi connectivity index (χ2v) is 9.72. The van der Waals surface area contributed by atoms with Gasteiger partial charge >= 0.3 is 5.97 Å². The molecule has 1 aliphatic heterocycles. The molecule has 2 aromatic rings. The number of esters is 1. The van der Waals surface area contributed by atoms with Gasteiger partial charge in [0.1, 0.15) is 5.75 Å². The van der Waals surface area contributed by atoms with Crippen LogP contribution in [0, 0.1) is 0 Å². The molecule has 1 fully saturated rings. The van der Waals surface area contributed by atoms with Crippen molar-refractivity contribution in [3.05, 3.63) is 53.1 Å². The van der Waals surface area contributed by atoms with Crippen LogP contribution in [0.25, 0.3) is 0 Å². The molecule has 1 atom stereocenters. The van der Waals surface area contributed by atoms with Crippen molar-refractivity contribution in [3.8, 4) is 5.75 Å². The molecule has 1 aliphatic rings. The molecule has 1 heterocycles. The summed E-state index contributed by atoms with van der Waals surface area (Å²) in [4.78, 5) is 24.9. The van der Waals surface area contributed by atoms with Crippen LogP contribution in [-0.4, -0.2) is 50.9 Å². The first kappa shape index (κ1) is 24.0. The van der Waals surface area contributed by atoms with E-state index >= 15 is 0 Å². The molecule has 8 nitrogen and oxygen atoms in total. The van der Waals surface area contributed by atoms with Crippen LogP contribution in [0.3, 0.4) is 0 Å². The zero-order chi connectivity index (χ0) is 23.3. The average molecular weight is 481 g/mol. The van der Waals surface area contributed by atoms with E-state index in [-0.39, 0.29) is 21.2 Å². The normalized spacial score (nSPS) is 15.6. The lowest BCUT2D eigenvalue weighted by molar-refractivity contribution is -0.123. The second-order valence-electron chi connectivity index (χ2n) is 7.37. The number of nitrogens with one attached hydrogen (secondary N) is 1. The highest BCUT2D eigenvalue weighted by atomic mass is 35.5. The lowest BCUT2D eigenvalue weighted by Gasteiger charge is -2.26. The third-order valence-electron chi connectivity index (χ3n) is 5.13. The molecule has 10 heteroatoms. The molecule has 0 aliphatic carbocycles. The van der Waals surface area contributed by atoms with Gasteiger partial charge in [0.25, 0.3) is 5.91 Å². The number of hydrogen-bond donors (Lipinski definition) is 1. The van der Waals surface area contributed by atoms with Crippen molar-refractivity contribution in [3.63, 3.8) is 0 Å². The summed E-state index contributed by atoms with van der Waals surface area (Å²) in [7, 11) is -2.18. The number of anilines is 1. The lowest BCUT2D eigenvalue weighted by atomic mass is 10.2. The van der Waals surface area contributed by atoms with Crippen molar-refractivity contribution in [2.24, 2.45) is 0 Å². The maximum atomic E-state index is 12.9. The Kier molecular flexibility index (Phi) is 7.76.